The number of rotatable bonds is 1. The van der Waals surface area contributed by atoms with E-state index in [9.17, 15) is 0 Å². The summed E-state index contributed by atoms with van der Waals surface area (Å²) in [6, 6.07) is 0.0359. The predicted molar refractivity (Wildman–Crippen MR) is 66.9 cm³/mol. The van der Waals surface area contributed by atoms with E-state index in [0.717, 1.165) is 19.6 Å². The van der Waals surface area contributed by atoms with Gasteiger partial charge >= 0.3 is 103 Å². The maximum Gasteiger partial charge on any atom is 1.00 e. The van der Waals surface area contributed by atoms with Gasteiger partial charge in [-0.3, -0.25) is 0 Å². The van der Waals surface area contributed by atoms with E-state index in [0.29, 0.717) is 8.52 Å². The number of nitrogens with zero attached hydrogens (tertiary/aromatic N) is 1. The molecule has 0 radical (unpaired) electrons. The summed E-state index contributed by atoms with van der Waals surface area (Å²) < 4.78 is 1.00. The van der Waals surface area contributed by atoms with Crippen molar-refractivity contribution in [1.29, 1.82) is 0 Å². The average molecular weight is 333 g/mol. The van der Waals surface area contributed by atoms with Gasteiger partial charge in [-0.15, -0.1) is 4.20 Å². The van der Waals surface area contributed by atoms with E-state index in [-0.39, 0.29) is 114 Å². The molecule has 3 N–H and O–H groups in total. The fraction of sp³-hybridized carbons (Fsp3) is 0.667. The topological polar surface area (TPSA) is 46.8 Å². The van der Waals surface area contributed by atoms with Crippen molar-refractivity contribution in [3.05, 3.63) is 0 Å². The van der Waals surface area contributed by atoms with Crippen molar-refractivity contribution in [3.8, 4) is 0 Å². The number of hydrogen-bond acceptors (Lipinski definition) is 5. The minimum Gasteiger partial charge on any atom is -0.431 e. The zero-order chi connectivity index (χ0) is 9.14. The molecular formula is C6H10K2N2OS4. The third kappa shape index (κ3) is 8.40. The fourth-order valence-corrected chi connectivity index (χ4v) is 1.99. The number of hydrogen-bond donors (Lipinski definition) is 1. The van der Waals surface area contributed by atoms with E-state index in [1.165, 1.54) is 0 Å². The molecule has 0 saturated carbocycles. The van der Waals surface area contributed by atoms with Crippen LogP contribution in [0, 0.1) is 0 Å². The summed E-state index contributed by atoms with van der Waals surface area (Å²) in [5, 5.41) is 3.20. The number of nitrogens with one attached hydrogen (secondary N) is 1. The Morgan fingerprint density at radius 2 is 1.80 bits per heavy atom. The second-order valence-electron chi connectivity index (χ2n) is 2.50. The standard InChI is InChI=1S/C6H10N2S4.2K.H2O/c9-5(10)4-3-7-1-2-8(4)6(11)12;;;/h4,7H,1-3H2,(H,9,10)(H,11,12);;;1H2/q;2*+1;/p-2. The summed E-state index contributed by atoms with van der Waals surface area (Å²) >= 11 is 19.7. The summed E-state index contributed by atoms with van der Waals surface area (Å²) in [5.74, 6) is 0. The molecule has 1 unspecified atom stereocenters. The van der Waals surface area contributed by atoms with Crippen molar-refractivity contribution in [3.63, 3.8) is 0 Å². The van der Waals surface area contributed by atoms with Gasteiger partial charge in [0, 0.05) is 25.7 Å². The first-order valence-electron chi connectivity index (χ1n) is 3.52. The van der Waals surface area contributed by atoms with Gasteiger partial charge in [0.15, 0.2) is 0 Å². The Bertz CT molecular complexity index is 197. The van der Waals surface area contributed by atoms with Gasteiger partial charge in [-0.1, -0.05) is 4.32 Å². The molecule has 0 aliphatic carbocycles. The predicted octanol–water partition coefficient (Wildman–Crippen LogP) is -6.85. The van der Waals surface area contributed by atoms with Crippen LogP contribution in [0.4, 0.5) is 0 Å². The normalized spacial score (nSPS) is 18.9. The Morgan fingerprint density at radius 1 is 1.27 bits per heavy atom. The van der Waals surface area contributed by atoms with Gasteiger partial charge in [-0.25, -0.2) is 0 Å². The number of thiocarbonyl (C=S) groups is 2. The quantitative estimate of drug-likeness (QED) is 0.293. The molecule has 9 heteroatoms. The van der Waals surface area contributed by atoms with Crippen molar-refractivity contribution in [2.75, 3.05) is 19.6 Å². The molecule has 15 heavy (non-hydrogen) atoms. The Morgan fingerprint density at radius 3 is 2.13 bits per heavy atom. The van der Waals surface area contributed by atoms with Gasteiger partial charge in [0.2, 0.25) is 0 Å². The average Bonchev–Trinajstić information content (AvgIpc) is 2.04. The van der Waals surface area contributed by atoms with Gasteiger partial charge in [-0.05, 0) is 0 Å². The second kappa shape index (κ2) is 12.6. The Labute approximate surface area is 197 Å². The molecule has 76 valence electrons. The van der Waals surface area contributed by atoms with Crippen LogP contribution in [0.25, 0.3) is 0 Å². The largest absolute Gasteiger partial charge is 1.00 e. The van der Waals surface area contributed by atoms with Crippen LogP contribution in [0.2, 0.25) is 0 Å². The van der Waals surface area contributed by atoms with E-state index in [2.05, 4.69) is 5.32 Å². The molecule has 1 rings (SSSR count). The molecule has 1 aliphatic rings. The summed E-state index contributed by atoms with van der Waals surface area (Å²) in [7, 11) is 0. The van der Waals surface area contributed by atoms with Crippen LogP contribution in [-0.4, -0.2) is 44.6 Å². The molecule has 0 aromatic rings. The maximum atomic E-state index is 4.94. The Hall–Kier alpha value is 3.61. The van der Waals surface area contributed by atoms with Gasteiger partial charge < -0.3 is 65.4 Å². The molecule has 0 bridgehead atoms. The molecule has 1 atom stereocenters. The first-order chi connectivity index (χ1) is 5.63. The van der Waals surface area contributed by atoms with Crippen LogP contribution in [0.1, 0.15) is 0 Å². The van der Waals surface area contributed by atoms with E-state index in [1.807, 2.05) is 4.90 Å². The molecule has 1 aliphatic heterocycles. The maximum absolute atomic E-state index is 4.94. The summed E-state index contributed by atoms with van der Waals surface area (Å²) in [4.78, 5) is 1.91. The van der Waals surface area contributed by atoms with Gasteiger partial charge in [0.05, 0.1) is 0 Å². The molecule has 1 heterocycles. The summed E-state index contributed by atoms with van der Waals surface area (Å²) in [5.41, 5.74) is 0. The molecule has 1 fully saturated rings. The monoisotopic (exact) mass is 332 g/mol. The van der Waals surface area contributed by atoms with Crippen molar-refractivity contribution in [1.82, 2.24) is 10.2 Å². The van der Waals surface area contributed by atoms with E-state index in [1.54, 1.807) is 0 Å². The van der Waals surface area contributed by atoms with Crippen LogP contribution in [-0.2, 0) is 25.3 Å². The van der Waals surface area contributed by atoms with Crippen LogP contribution in [0.15, 0.2) is 0 Å². The van der Waals surface area contributed by atoms with Gasteiger partial charge in [0.1, 0.15) is 0 Å². The third-order valence-electron chi connectivity index (χ3n) is 1.75. The molecule has 0 aromatic heterocycles. The smallest absolute Gasteiger partial charge is 0.431 e. The van der Waals surface area contributed by atoms with Gasteiger partial charge in [0.25, 0.3) is 0 Å². The van der Waals surface area contributed by atoms with Crippen LogP contribution in [0.5, 0.6) is 0 Å². The molecule has 1 saturated heterocycles. The molecule has 0 amide bonds. The van der Waals surface area contributed by atoms with Crippen molar-refractivity contribution in [2.45, 2.75) is 6.04 Å². The number of piperazine rings is 1. The van der Waals surface area contributed by atoms with Crippen molar-refractivity contribution in [2.24, 2.45) is 0 Å². The van der Waals surface area contributed by atoms with Crippen LogP contribution < -0.4 is 108 Å². The van der Waals surface area contributed by atoms with Crippen LogP contribution in [0.3, 0.4) is 0 Å². The molecule has 0 spiro atoms. The SMILES string of the molecule is O.S=C([S-])C1CNCCN1C(=S)[S-].[K+].[K+]. The van der Waals surface area contributed by atoms with Crippen molar-refractivity contribution >= 4 is 58.2 Å². The van der Waals surface area contributed by atoms with Crippen LogP contribution >= 0.6 is 24.4 Å². The van der Waals surface area contributed by atoms with E-state index >= 15 is 0 Å². The Kier molecular flexibility index (Phi) is 20.0. The minimum absolute atomic E-state index is 0. The summed E-state index contributed by atoms with van der Waals surface area (Å²) in [6.45, 7) is 2.47. The second-order valence-corrected chi connectivity index (χ2v) is 4.67. The molecule has 0 aromatic carbocycles. The third-order valence-corrected chi connectivity index (χ3v) is 2.76. The zero-order valence-corrected chi connectivity index (χ0v) is 18.3. The first kappa shape index (κ1) is 23.7. The first-order valence-corrected chi connectivity index (χ1v) is 5.15. The fourth-order valence-electron chi connectivity index (χ4n) is 1.13. The van der Waals surface area contributed by atoms with E-state index in [4.69, 9.17) is 49.7 Å². The molecular weight excluding hydrogens is 323 g/mol. The molecule has 3 nitrogen and oxygen atoms in total. The Balaban J connectivity index is -0.000000480. The van der Waals surface area contributed by atoms with E-state index < -0.39 is 0 Å². The van der Waals surface area contributed by atoms with Crippen molar-refractivity contribution < 1.29 is 108 Å². The summed E-state index contributed by atoms with van der Waals surface area (Å²) in [6.07, 6.45) is 0. The zero-order valence-electron chi connectivity index (χ0n) is 8.78. The van der Waals surface area contributed by atoms with Gasteiger partial charge in [-0.2, -0.15) is 0 Å². The minimum atomic E-state index is 0.